The Labute approximate surface area is 64.6 Å². The molecule has 0 aliphatic heterocycles. The number of hydrogen-bond donors (Lipinski definition) is 0. The molecule has 0 heterocycles. The van der Waals surface area contributed by atoms with Gasteiger partial charge in [0.2, 0.25) is 0 Å². The van der Waals surface area contributed by atoms with Crippen LogP contribution in [0.3, 0.4) is 0 Å². The van der Waals surface area contributed by atoms with Gasteiger partial charge in [0.15, 0.2) is 0 Å². The van der Waals surface area contributed by atoms with Gasteiger partial charge in [0.1, 0.15) is 0 Å². The summed E-state index contributed by atoms with van der Waals surface area (Å²) in [5.41, 5.74) is 0.451. The Morgan fingerprint density at radius 2 is 1.78 bits per heavy atom. The minimum absolute atomic E-state index is 0. The van der Waals surface area contributed by atoms with E-state index in [2.05, 4.69) is 6.92 Å². The van der Waals surface area contributed by atoms with Crippen LogP contribution in [0.2, 0.25) is 0 Å². The van der Waals surface area contributed by atoms with Crippen molar-refractivity contribution in [2.45, 2.75) is 0 Å². The van der Waals surface area contributed by atoms with E-state index >= 15 is 0 Å². The normalized spacial score (nSPS) is 8.11. The van der Waals surface area contributed by atoms with Gasteiger partial charge < -0.3 is 0 Å². The predicted molar refractivity (Wildman–Crippen MR) is 30.9 cm³/mol. The van der Waals surface area contributed by atoms with E-state index in [9.17, 15) is 4.39 Å². The van der Waals surface area contributed by atoms with Gasteiger partial charge in [-0.3, -0.25) is 4.39 Å². The van der Waals surface area contributed by atoms with E-state index in [1.54, 1.807) is 18.2 Å². The first kappa shape index (κ1) is 8.54. The minimum atomic E-state index is -0.243. The summed E-state index contributed by atoms with van der Waals surface area (Å²) in [6.07, 6.45) is 0. The maximum Gasteiger partial charge on any atom is 0.0157 e. The summed E-state index contributed by atoms with van der Waals surface area (Å²) in [4.78, 5) is 0. The third kappa shape index (κ3) is 2.08. The number of benzene rings is 1. The molecule has 0 aliphatic carbocycles. The van der Waals surface area contributed by atoms with Gasteiger partial charge in [-0.05, 0) is 0 Å². The molecule has 0 bridgehead atoms. The predicted octanol–water partition coefficient (Wildman–Crippen LogP) is 2.01. The number of halogens is 1. The fourth-order valence-electron chi connectivity index (χ4n) is 0.498. The molecule has 0 N–H and O–H groups in total. The molecule has 0 fully saturated rings. The number of rotatable bonds is 0. The van der Waals surface area contributed by atoms with Crippen molar-refractivity contribution in [1.29, 1.82) is 0 Å². The van der Waals surface area contributed by atoms with Gasteiger partial charge in [-0.25, -0.2) is 0 Å². The fraction of sp³-hybridized carbons (Fsp3) is 0. The molecule has 0 atom stereocenters. The molecule has 0 spiro atoms. The van der Waals surface area contributed by atoms with Gasteiger partial charge in [0.25, 0.3) is 0 Å². The molecule has 0 nitrogen and oxygen atoms in total. The average Bonchev–Trinajstić information content (AvgIpc) is 1.77. The Morgan fingerprint density at radius 1 is 1.22 bits per heavy atom. The molecule has 0 saturated heterocycles. The summed E-state index contributed by atoms with van der Waals surface area (Å²) in [5.74, 6) is -0.243. The van der Waals surface area contributed by atoms with Crippen molar-refractivity contribution in [3.63, 3.8) is 0 Å². The van der Waals surface area contributed by atoms with Crippen LogP contribution >= 0.6 is 0 Å². The first-order valence-electron chi connectivity index (χ1n) is 2.37. The molecule has 1 aromatic rings. The van der Waals surface area contributed by atoms with Crippen molar-refractivity contribution in [2.75, 3.05) is 0 Å². The van der Waals surface area contributed by atoms with Crippen molar-refractivity contribution >= 4 is 0 Å². The topological polar surface area (TPSA) is 0 Å². The maximum absolute atomic E-state index is 12.3. The second-order valence-electron chi connectivity index (χ2n) is 1.59. The summed E-state index contributed by atoms with van der Waals surface area (Å²) >= 11 is 0. The van der Waals surface area contributed by atoms with Crippen molar-refractivity contribution in [1.82, 2.24) is 0 Å². The van der Waals surface area contributed by atoms with Crippen LogP contribution in [-0.2, 0) is 17.1 Å². The molecule has 0 amide bonds. The molecule has 49 valence electrons. The Bertz CT molecular complexity index is 165. The summed E-state index contributed by atoms with van der Waals surface area (Å²) in [6, 6.07) is 6.42. The third-order valence-corrected chi connectivity index (χ3v) is 0.958. The average molecular weight is 164 g/mol. The van der Waals surface area contributed by atoms with Crippen LogP contribution in [0.15, 0.2) is 24.3 Å². The number of hydrogen-bond acceptors (Lipinski definition) is 0. The summed E-state index contributed by atoms with van der Waals surface area (Å²) < 4.78 is 12.3. The van der Waals surface area contributed by atoms with Gasteiger partial charge in [-0.15, -0.1) is 6.07 Å². The standard InChI is InChI=1S/C7H6F.Mn/c1-6-4-2-3-5-7(6)8;/h2-5H,1H2;/q-1;. The third-order valence-electron chi connectivity index (χ3n) is 0.958. The van der Waals surface area contributed by atoms with Crippen molar-refractivity contribution in [3.8, 4) is 0 Å². The van der Waals surface area contributed by atoms with E-state index in [1.165, 1.54) is 6.07 Å². The van der Waals surface area contributed by atoms with E-state index in [0.717, 1.165) is 0 Å². The Hall–Kier alpha value is -0.461. The summed E-state index contributed by atoms with van der Waals surface area (Å²) in [6.45, 7) is 3.45. The largest absolute Gasteiger partial charge is 0.284 e. The van der Waals surface area contributed by atoms with Crippen LogP contribution in [0.4, 0.5) is 4.39 Å². The van der Waals surface area contributed by atoms with E-state index in [1.807, 2.05) is 0 Å². The van der Waals surface area contributed by atoms with Crippen LogP contribution in [0.1, 0.15) is 5.56 Å². The zero-order chi connectivity index (χ0) is 5.98. The van der Waals surface area contributed by atoms with Crippen molar-refractivity contribution in [3.05, 3.63) is 42.6 Å². The quantitative estimate of drug-likeness (QED) is 0.406. The molecule has 0 unspecified atom stereocenters. The summed E-state index contributed by atoms with van der Waals surface area (Å²) in [7, 11) is 0. The summed E-state index contributed by atoms with van der Waals surface area (Å²) in [5, 5.41) is 0. The van der Waals surface area contributed by atoms with Crippen LogP contribution in [0.5, 0.6) is 0 Å². The van der Waals surface area contributed by atoms with Gasteiger partial charge in [0, 0.05) is 22.9 Å². The van der Waals surface area contributed by atoms with Gasteiger partial charge in [0.05, 0.1) is 0 Å². The maximum atomic E-state index is 12.3. The molecule has 1 aromatic carbocycles. The van der Waals surface area contributed by atoms with E-state index in [0.29, 0.717) is 5.56 Å². The Balaban J connectivity index is 0.000000640. The molecule has 0 aliphatic rings. The Morgan fingerprint density at radius 3 is 2.11 bits per heavy atom. The molecule has 1 radical (unpaired) electrons. The van der Waals surface area contributed by atoms with Crippen molar-refractivity contribution in [2.24, 2.45) is 0 Å². The molecule has 0 aromatic heterocycles. The molecule has 2 heteroatoms. The van der Waals surface area contributed by atoms with E-state index in [-0.39, 0.29) is 22.9 Å². The first-order valence-corrected chi connectivity index (χ1v) is 2.37. The zero-order valence-corrected chi connectivity index (χ0v) is 5.95. The first-order chi connectivity index (χ1) is 3.80. The molecule has 1 rings (SSSR count). The molecule has 0 saturated carbocycles. The van der Waals surface area contributed by atoms with Gasteiger partial charge >= 0.3 is 0 Å². The zero-order valence-electron chi connectivity index (χ0n) is 4.77. The molecular weight excluding hydrogens is 158 g/mol. The van der Waals surface area contributed by atoms with Crippen molar-refractivity contribution < 1.29 is 21.5 Å². The van der Waals surface area contributed by atoms with E-state index < -0.39 is 0 Å². The SMILES string of the molecule is [CH2-]c1ccccc1F.[Mn]. The van der Waals surface area contributed by atoms with Crippen LogP contribution < -0.4 is 0 Å². The van der Waals surface area contributed by atoms with Crippen LogP contribution in [0, 0.1) is 12.7 Å². The van der Waals surface area contributed by atoms with Gasteiger partial charge in [-0.2, -0.15) is 18.6 Å². The van der Waals surface area contributed by atoms with E-state index in [4.69, 9.17) is 0 Å². The minimum Gasteiger partial charge on any atom is -0.284 e. The second kappa shape index (κ2) is 3.54. The fourth-order valence-corrected chi connectivity index (χ4v) is 0.498. The smallest absolute Gasteiger partial charge is 0.0157 e. The monoisotopic (exact) mass is 164 g/mol. The molecular formula is C7H6FMn-. The molecule has 9 heavy (non-hydrogen) atoms. The second-order valence-corrected chi connectivity index (χ2v) is 1.59. The van der Waals surface area contributed by atoms with Crippen LogP contribution in [-0.4, -0.2) is 0 Å². The Kier molecular flexibility index (Phi) is 3.36. The van der Waals surface area contributed by atoms with Gasteiger partial charge in [-0.1, -0.05) is 12.1 Å². The van der Waals surface area contributed by atoms with Crippen LogP contribution in [0.25, 0.3) is 0 Å².